The number of fused-ring (bicyclic) bond motifs is 4. The molecule has 4 saturated heterocycles. The fraction of sp³-hybridized carbons (Fsp3) is 0.588. The number of likely N-dealkylation sites (N-methyl/N-ethyl adjacent to an activating group) is 1. The Kier molecular flexibility index (Phi) is 7.39. The van der Waals surface area contributed by atoms with Crippen LogP contribution in [0.1, 0.15) is 69.3 Å². The van der Waals surface area contributed by atoms with E-state index in [0.717, 1.165) is 62.1 Å². The second kappa shape index (κ2) is 11.0. The average Bonchev–Trinajstić information content (AvgIpc) is 3.74. The number of aryl methyl sites for hydroxylation is 1. The predicted molar refractivity (Wildman–Crippen MR) is 173 cm³/mol. The van der Waals surface area contributed by atoms with Crippen molar-refractivity contribution in [2.45, 2.75) is 87.6 Å². The van der Waals surface area contributed by atoms with Crippen molar-refractivity contribution in [1.82, 2.24) is 30.4 Å². The van der Waals surface area contributed by atoms with Crippen LogP contribution in [0.5, 0.6) is 6.01 Å². The number of rotatable bonds is 4. The van der Waals surface area contributed by atoms with Crippen molar-refractivity contribution in [1.29, 1.82) is 0 Å². The van der Waals surface area contributed by atoms with E-state index in [9.17, 15) is 14.0 Å². The molecule has 5 aliphatic heterocycles. The van der Waals surface area contributed by atoms with Gasteiger partial charge in [0.15, 0.2) is 0 Å². The zero-order valence-electron chi connectivity index (χ0n) is 26.5. The van der Waals surface area contributed by atoms with Crippen LogP contribution in [0.2, 0.25) is 0 Å². The van der Waals surface area contributed by atoms with E-state index in [2.05, 4.69) is 70.7 Å². The summed E-state index contributed by atoms with van der Waals surface area (Å²) in [5.74, 6) is 0.491. The first-order chi connectivity index (χ1) is 21.7. The number of imide groups is 1. The molecular weight excluding hydrogens is 573 g/mol. The molecule has 3 amide bonds. The fourth-order valence-corrected chi connectivity index (χ4v) is 9.15. The molecule has 6 heterocycles. The van der Waals surface area contributed by atoms with Gasteiger partial charge in [-0.1, -0.05) is 18.2 Å². The molecule has 2 aromatic rings. The summed E-state index contributed by atoms with van der Waals surface area (Å²) in [6, 6.07) is 6.50. The van der Waals surface area contributed by atoms with E-state index >= 15 is 0 Å². The third-order valence-electron chi connectivity index (χ3n) is 11.4. The molecule has 11 heteroatoms. The summed E-state index contributed by atoms with van der Waals surface area (Å²) in [6.07, 6.45) is 5.73. The number of hydrogen-bond donors (Lipinski definition) is 2. The number of carbonyl (C=O) groups excluding carboxylic acids is 2. The van der Waals surface area contributed by atoms with Crippen LogP contribution in [-0.2, 0) is 29.7 Å². The van der Waals surface area contributed by atoms with E-state index in [1.165, 1.54) is 16.7 Å². The lowest BCUT2D eigenvalue weighted by molar-refractivity contribution is -0.124. The first kappa shape index (κ1) is 30.1. The molecule has 4 fully saturated rings. The normalized spacial score (nSPS) is 32.2. The fourth-order valence-electron chi connectivity index (χ4n) is 9.15. The number of ether oxygens (including phenoxy) is 1. The number of benzene rings is 1. The Balaban J connectivity index is 0.00000106. The molecule has 45 heavy (non-hydrogen) atoms. The first-order valence-corrected chi connectivity index (χ1v) is 16.3. The zero-order chi connectivity index (χ0) is 31.6. The van der Waals surface area contributed by atoms with Gasteiger partial charge in [-0.3, -0.25) is 19.9 Å². The molecule has 2 N–H and O–H groups in total. The molecule has 6 aliphatic rings. The third kappa shape index (κ3) is 4.72. The smallest absolute Gasteiger partial charge is 0.322 e. The number of urea groups is 1. The van der Waals surface area contributed by atoms with Crippen LogP contribution in [0.4, 0.5) is 15.0 Å². The number of nitrogens with zero attached hydrogens (tertiary/aromatic N) is 5. The summed E-state index contributed by atoms with van der Waals surface area (Å²) in [5, 5.41) is 5.34. The molecule has 0 radical (unpaired) electrons. The van der Waals surface area contributed by atoms with Gasteiger partial charge in [0.2, 0.25) is 0 Å². The van der Waals surface area contributed by atoms with Gasteiger partial charge in [0.1, 0.15) is 24.1 Å². The molecule has 2 spiro atoms. The Morgan fingerprint density at radius 1 is 1.13 bits per heavy atom. The summed E-state index contributed by atoms with van der Waals surface area (Å²) in [6.45, 7) is 11.6. The Morgan fingerprint density at radius 2 is 1.96 bits per heavy atom. The molecule has 1 aromatic heterocycles. The van der Waals surface area contributed by atoms with Gasteiger partial charge in [-0.05, 0) is 75.7 Å². The van der Waals surface area contributed by atoms with Crippen LogP contribution >= 0.6 is 0 Å². The molecule has 0 bridgehead atoms. The van der Waals surface area contributed by atoms with Crippen LogP contribution in [0.15, 0.2) is 31.4 Å². The molecule has 244 valence electrons. The highest BCUT2D eigenvalue weighted by molar-refractivity contribution is 6.07. The van der Waals surface area contributed by atoms with Crippen LogP contribution in [0.3, 0.4) is 0 Å². The van der Waals surface area contributed by atoms with Crippen molar-refractivity contribution < 1.29 is 21.6 Å². The number of amides is 3. The van der Waals surface area contributed by atoms with Gasteiger partial charge >= 0.3 is 12.0 Å². The van der Waals surface area contributed by atoms with Gasteiger partial charge in [-0.15, -0.1) is 13.2 Å². The maximum Gasteiger partial charge on any atom is 0.322 e. The highest BCUT2D eigenvalue weighted by Crippen LogP contribution is 2.49. The number of halogens is 1. The highest BCUT2D eigenvalue weighted by Gasteiger charge is 2.52. The topological polar surface area (TPSA) is 103 Å². The zero-order valence-corrected chi connectivity index (χ0v) is 26.5. The van der Waals surface area contributed by atoms with Crippen LogP contribution in [0.25, 0.3) is 0 Å². The Hall–Kier alpha value is -3.57. The minimum Gasteiger partial charge on any atom is -0.461 e. The maximum absolute atomic E-state index is 14.5. The van der Waals surface area contributed by atoms with Crippen molar-refractivity contribution in [2.24, 2.45) is 0 Å². The van der Waals surface area contributed by atoms with E-state index in [1.54, 1.807) is 0 Å². The number of hydrogen-bond acceptors (Lipinski definition) is 8. The summed E-state index contributed by atoms with van der Waals surface area (Å²) in [5.41, 5.74) is 4.74. The van der Waals surface area contributed by atoms with Crippen molar-refractivity contribution in [3.8, 4) is 6.01 Å². The number of piperidine rings is 1. The lowest BCUT2D eigenvalue weighted by Crippen LogP contribution is -2.59. The van der Waals surface area contributed by atoms with Gasteiger partial charge in [0.05, 0.1) is 23.3 Å². The van der Waals surface area contributed by atoms with Gasteiger partial charge < -0.3 is 15.0 Å². The lowest BCUT2D eigenvalue weighted by Gasteiger charge is -2.46. The van der Waals surface area contributed by atoms with E-state index in [-0.39, 0.29) is 19.8 Å². The van der Waals surface area contributed by atoms with Gasteiger partial charge in [0.25, 0.3) is 5.91 Å². The molecular formula is C34H48FN7O3. The van der Waals surface area contributed by atoms with Gasteiger partial charge in [-0.25, -0.2) is 9.18 Å². The van der Waals surface area contributed by atoms with Gasteiger partial charge in [0, 0.05) is 40.9 Å². The summed E-state index contributed by atoms with van der Waals surface area (Å²) >= 11 is 0. The standard InChI is InChI=1S/C32H40FN7O3.C2H4.2H2/c1-20-6-3-7-24-22(20)8-11-32(24)15-25-23(17-38(32)2)26(39-12-5-10-31(18-39)27(41)36-28(42)37-31)35-29(34-25)43-19-30-9-4-13-40(30)16-21(33)14-30;1-2;;/h3,6-7,21H,4-5,8-19H2,1-2H3,(H2,36,37,41,42);1-2H2;2*1H/t21-,30+,31-,32+;;;/m1.../s1. The molecule has 1 aromatic carbocycles. The van der Waals surface area contributed by atoms with Crippen LogP contribution < -0.4 is 20.3 Å². The summed E-state index contributed by atoms with van der Waals surface area (Å²) in [4.78, 5) is 42.0. The Morgan fingerprint density at radius 3 is 2.76 bits per heavy atom. The van der Waals surface area contributed by atoms with Crippen molar-refractivity contribution in [3.05, 3.63) is 59.3 Å². The lowest BCUT2D eigenvalue weighted by atomic mass is 9.80. The van der Waals surface area contributed by atoms with E-state index < -0.39 is 17.7 Å². The third-order valence-corrected chi connectivity index (χ3v) is 11.4. The molecule has 0 saturated carbocycles. The number of nitrogens with one attached hydrogen (secondary N) is 2. The largest absolute Gasteiger partial charge is 0.461 e. The summed E-state index contributed by atoms with van der Waals surface area (Å²) in [7, 11) is 2.19. The predicted octanol–water partition coefficient (Wildman–Crippen LogP) is 4.04. The second-order valence-electron chi connectivity index (χ2n) is 13.8. The SMILES string of the molecule is C=C.Cc1cccc2c1CC[C@]21Cc2nc(OC[C@@]34CCCN3C[C@H](F)C4)nc(N3CCC[C@]4(C3)NC(=O)NC4=O)c2CN1C.[HH].[HH]. The van der Waals surface area contributed by atoms with Crippen molar-refractivity contribution in [2.75, 3.05) is 44.7 Å². The average molecular weight is 622 g/mol. The minimum atomic E-state index is -0.971. The summed E-state index contributed by atoms with van der Waals surface area (Å²) < 4.78 is 20.9. The van der Waals surface area contributed by atoms with Crippen LogP contribution in [0, 0.1) is 6.92 Å². The monoisotopic (exact) mass is 621 g/mol. The van der Waals surface area contributed by atoms with Crippen LogP contribution in [-0.4, -0.2) is 88.8 Å². The Labute approximate surface area is 267 Å². The second-order valence-corrected chi connectivity index (χ2v) is 13.8. The molecule has 0 unspecified atom stereocenters. The van der Waals surface area contributed by atoms with Crippen molar-refractivity contribution in [3.63, 3.8) is 0 Å². The number of alkyl halides is 1. The number of carbonyl (C=O) groups is 2. The number of aromatic nitrogens is 2. The van der Waals surface area contributed by atoms with Gasteiger partial charge in [-0.2, -0.15) is 9.97 Å². The minimum absolute atomic E-state index is 0. The molecule has 8 rings (SSSR count). The van der Waals surface area contributed by atoms with E-state index in [0.29, 0.717) is 51.6 Å². The van der Waals surface area contributed by atoms with Crippen molar-refractivity contribution >= 4 is 17.8 Å². The Bertz CT molecular complexity index is 1550. The van der Waals surface area contributed by atoms with E-state index in [1.807, 2.05) is 0 Å². The molecule has 10 nitrogen and oxygen atoms in total. The van der Waals surface area contributed by atoms with E-state index in [4.69, 9.17) is 14.7 Å². The quantitative estimate of drug-likeness (QED) is 0.390. The molecule has 4 atom stereocenters. The first-order valence-electron chi connectivity index (χ1n) is 16.3. The maximum atomic E-state index is 14.5. The number of anilines is 1. The highest BCUT2D eigenvalue weighted by atomic mass is 19.1. The molecule has 1 aliphatic carbocycles.